The van der Waals surface area contributed by atoms with Gasteiger partial charge >= 0.3 is 0 Å². The second-order valence-corrected chi connectivity index (χ2v) is 4.29. The van der Waals surface area contributed by atoms with Gasteiger partial charge in [0.2, 0.25) is 0 Å². The van der Waals surface area contributed by atoms with Gasteiger partial charge in [-0.25, -0.2) is 0 Å². The first-order valence-electron chi connectivity index (χ1n) is 6.66. The second-order valence-electron chi connectivity index (χ2n) is 4.29. The summed E-state index contributed by atoms with van der Waals surface area (Å²) in [5.74, 6) is 12.5. The Kier molecular flexibility index (Phi) is 5.47. The first-order chi connectivity index (χ1) is 9.90. The number of hydrogen-bond acceptors (Lipinski definition) is 1. The number of benzene rings is 2. The molecule has 0 amide bonds. The van der Waals surface area contributed by atoms with Crippen molar-refractivity contribution >= 4 is 0 Å². The van der Waals surface area contributed by atoms with Crippen molar-refractivity contribution in [3.8, 4) is 23.7 Å². The molecule has 1 N–H and O–H groups in total. The Hall–Kier alpha value is -2.48. The predicted octanol–water partition coefficient (Wildman–Crippen LogP) is 3.21. The summed E-state index contributed by atoms with van der Waals surface area (Å²) in [4.78, 5) is 0. The SMILES string of the molecule is OCCCC#Cc1ccccc1C#Cc1ccccc1. The summed E-state index contributed by atoms with van der Waals surface area (Å²) in [5, 5.41) is 8.74. The number of aliphatic hydroxyl groups excluding tert-OH is 1. The Morgan fingerprint density at radius 1 is 0.750 bits per heavy atom. The molecule has 0 aliphatic rings. The quantitative estimate of drug-likeness (QED) is 0.649. The van der Waals surface area contributed by atoms with Crippen LogP contribution in [0.5, 0.6) is 0 Å². The van der Waals surface area contributed by atoms with Gasteiger partial charge in [-0.3, -0.25) is 0 Å². The van der Waals surface area contributed by atoms with E-state index in [-0.39, 0.29) is 6.61 Å². The highest BCUT2D eigenvalue weighted by Crippen LogP contribution is 2.06. The van der Waals surface area contributed by atoms with Gasteiger partial charge in [0.05, 0.1) is 0 Å². The average Bonchev–Trinajstić information content (AvgIpc) is 2.51. The molecule has 2 rings (SSSR count). The number of aliphatic hydroxyl groups is 1. The Morgan fingerprint density at radius 3 is 2.10 bits per heavy atom. The Balaban J connectivity index is 2.20. The molecule has 20 heavy (non-hydrogen) atoms. The highest BCUT2D eigenvalue weighted by atomic mass is 16.2. The van der Waals surface area contributed by atoms with Gasteiger partial charge in [0.1, 0.15) is 0 Å². The second kappa shape index (κ2) is 7.85. The standard InChI is InChI=1S/C19H16O/c20-16-8-2-5-11-18-12-6-7-13-19(18)15-14-17-9-3-1-4-10-17/h1,3-4,6-7,9-10,12-13,20H,2,8,16H2. The van der Waals surface area contributed by atoms with E-state index in [0.29, 0.717) is 12.8 Å². The molecule has 98 valence electrons. The maximum Gasteiger partial charge on any atom is 0.0440 e. The molecule has 0 fully saturated rings. The molecule has 2 aromatic carbocycles. The van der Waals surface area contributed by atoms with E-state index >= 15 is 0 Å². The predicted molar refractivity (Wildman–Crippen MR) is 82.1 cm³/mol. The van der Waals surface area contributed by atoms with Crippen LogP contribution in [0.1, 0.15) is 29.5 Å². The van der Waals surface area contributed by atoms with Gasteiger partial charge in [-0.2, -0.15) is 0 Å². The van der Waals surface area contributed by atoms with E-state index in [1.165, 1.54) is 0 Å². The summed E-state index contributed by atoms with van der Waals surface area (Å²) >= 11 is 0. The zero-order valence-corrected chi connectivity index (χ0v) is 11.3. The van der Waals surface area contributed by atoms with Gasteiger partial charge in [0.15, 0.2) is 0 Å². The first kappa shape index (κ1) is 13.9. The third-order valence-corrected chi connectivity index (χ3v) is 2.73. The fourth-order valence-electron chi connectivity index (χ4n) is 1.69. The van der Waals surface area contributed by atoms with Gasteiger partial charge in [-0.05, 0) is 30.7 Å². The lowest BCUT2D eigenvalue weighted by Gasteiger charge is -1.95. The van der Waals surface area contributed by atoms with Gasteiger partial charge in [-0.15, -0.1) is 0 Å². The van der Waals surface area contributed by atoms with Crippen LogP contribution >= 0.6 is 0 Å². The van der Waals surface area contributed by atoms with Crippen LogP contribution in [0.2, 0.25) is 0 Å². The van der Waals surface area contributed by atoms with E-state index in [9.17, 15) is 0 Å². The monoisotopic (exact) mass is 260 g/mol. The highest BCUT2D eigenvalue weighted by Gasteiger charge is 1.94. The molecule has 0 saturated heterocycles. The van der Waals surface area contributed by atoms with E-state index in [1.54, 1.807) is 0 Å². The van der Waals surface area contributed by atoms with Gasteiger partial charge in [-0.1, -0.05) is 54.0 Å². The highest BCUT2D eigenvalue weighted by molar-refractivity contribution is 5.52. The van der Waals surface area contributed by atoms with Crippen molar-refractivity contribution < 1.29 is 5.11 Å². The molecule has 0 aromatic heterocycles. The maximum atomic E-state index is 8.74. The topological polar surface area (TPSA) is 20.2 Å². The van der Waals surface area contributed by atoms with E-state index < -0.39 is 0 Å². The molecule has 0 radical (unpaired) electrons. The van der Waals surface area contributed by atoms with Crippen molar-refractivity contribution in [2.24, 2.45) is 0 Å². The Labute approximate surface area is 120 Å². The van der Waals surface area contributed by atoms with E-state index in [4.69, 9.17) is 5.11 Å². The van der Waals surface area contributed by atoms with Crippen LogP contribution in [0, 0.1) is 23.7 Å². The Bertz CT molecular complexity index is 663. The smallest absolute Gasteiger partial charge is 0.0440 e. The largest absolute Gasteiger partial charge is 0.396 e. The lowest BCUT2D eigenvalue weighted by Crippen LogP contribution is -1.84. The van der Waals surface area contributed by atoms with Crippen LogP contribution < -0.4 is 0 Å². The summed E-state index contributed by atoms with van der Waals surface area (Å²) in [6.07, 6.45) is 1.42. The van der Waals surface area contributed by atoms with Gasteiger partial charge < -0.3 is 5.11 Å². The molecular formula is C19H16O. The van der Waals surface area contributed by atoms with Gasteiger partial charge in [0.25, 0.3) is 0 Å². The molecule has 0 spiro atoms. The van der Waals surface area contributed by atoms with Gasteiger partial charge in [0, 0.05) is 29.7 Å². The molecule has 1 nitrogen and oxygen atoms in total. The lowest BCUT2D eigenvalue weighted by atomic mass is 10.1. The van der Waals surface area contributed by atoms with E-state index in [2.05, 4.69) is 23.7 Å². The van der Waals surface area contributed by atoms with Crippen LogP contribution in [0.4, 0.5) is 0 Å². The molecule has 2 aromatic rings. The van der Waals surface area contributed by atoms with Crippen molar-refractivity contribution in [2.45, 2.75) is 12.8 Å². The lowest BCUT2D eigenvalue weighted by molar-refractivity contribution is 0.290. The molecule has 0 aliphatic heterocycles. The minimum atomic E-state index is 0.185. The normalized spacial score (nSPS) is 9.05. The number of hydrogen-bond donors (Lipinski definition) is 1. The van der Waals surface area contributed by atoms with Crippen molar-refractivity contribution in [3.63, 3.8) is 0 Å². The molecule has 0 heterocycles. The van der Waals surface area contributed by atoms with Crippen LogP contribution in [0.25, 0.3) is 0 Å². The Morgan fingerprint density at radius 2 is 1.40 bits per heavy atom. The average molecular weight is 260 g/mol. The summed E-state index contributed by atoms with van der Waals surface area (Å²) in [6, 6.07) is 17.8. The van der Waals surface area contributed by atoms with Crippen molar-refractivity contribution in [2.75, 3.05) is 6.61 Å². The minimum Gasteiger partial charge on any atom is -0.396 e. The summed E-state index contributed by atoms with van der Waals surface area (Å²) in [5.41, 5.74) is 2.87. The maximum absolute atomic E-state index is 8.74. The first-order valence-corrected chi connectivity index (χ1v) is 6.66. The van der Waals surface area contributed by atoms with Crippen LogP contribution in [0.15, 0.2) is 54.6 Å². The number of unbranched alkanes of at least 4 members (excludes halogenated alkanes) is 1. The molecule has 0 bridgehead atoms. The molecule has 0 unspecified atom stereocenters. The summed E-state index contributed by atoms with van der Waals surface area (Å²) in [6.45, 7) is 0.185. The number of rotatable bonds is 2. The molecule has 1 heteroatoms. The molecule has 0 atom stereocenters. The third kappa shape index (κ3) is 4.32. The van der Waals surface area contributed by atoms with Crippen molar-refractivity contribution in [1.82, 2.24) is 0 Å². The summed E-state index contributed by atoms with van der Waals surface area (Å²) in [7, 11) is 0. The zero-order chi connectivity index (χ0) is 14.0. The minimum absolute atomic E-state index is 0.185. The van der Waals surface area contributed by atoms with Crippen molar-refractivity contribution in [1.29, 1.82) is 0 Å². The molecule has 0 saturated carbocycles. The van der Waals surface area contributed by atoms with Crippen molar-refractivity contribution in [3.05, 3.63) is 71.3 Å². The van der Waals surface area contributed by atoms with Crippen LogP contribution in [0.3, 0.4) is 0 Å². The molecule has 0 aliphatic carbocycles. The summed E-state index contributed by atoms with van der Waals surface area (Å²) < 4.78 is 0. The van der Waals surface area contributed by atoms with E-state index in [0.717, 1.165) is 16.7 Å². The van der Waals surface area contributed by atoms with Crippen LogP contribution in [-0.2, 0) is 0 Å². The fraction of sp³-hybridized carbons (Fsp3) is 0.158. The fourth-order valence-corrected chi connectivity index (χ4v) is 1.69. The molecular weight excluding hydrogens is 244 g/mol. The zero-order valence-electron chi connectivity index (χ0n) is 11.3. The third-order valence-electron chi connectivity index (χ3n) is 2.73. The van der Waals surface area contributed by atoms with Crippen LogP contribution in [-0.4, -0.2) is 11.7 Å². The van der Waals surface area contributed by atoms with E-state index in [1.807, 2.05) is 54.6 Å².